The van der Waals surface area contributed by atoms with Crippen molar-refractivity contribution in [3.8, 4) is 5.75 Å². The lowest BCUT2D eigenvalue weighted by Gasteiger charge is -2.07. The van der Waals surface area contributed by atoms with Gasteiger partial charge in [-0.3, -0.25) is 0 Å². The topological polar surface area (TPSA) is 35.5 Å². The molecule has 0 aliphatic rings. The Hall–Kier alpha value is -1.65. The molecule has 0 aromatic heterocycles. The second-order valence-electron chi connectivity index (χ2n) is 2.92. The van der Waals surface area contributed by atoms with Gasteiger partial charge in [0.2, 0.25) is 0 Å². The van der Waals surface area contributed by atoms with Gasteiger partial charge in [0.15, 0.2) is 11.6 Å². The molecule has 0 radical (unpaired) electrons. The third-order valence-electron chi connectivity index (χ3n) is 1.81. The average Bonchev–Trinajstić information content (AvgIpc) is 2.23. The van der Waals surface area contributed by atoms with Crippen LogP contribution in [-0.2, 0) is 4.74 Å². The molecule has 0 spiro atoms. The first-order chi connectivity index (χ1) is 7.60. The molecule has 1 rings (SSSR count). The van der Waals surface area contributed by atoms with Crippen LogP contribution in [0.3, 0.4) is 0 Å². The second kappa shape index (κ2) is 5.44. The largest absolute Gasteiger partial charge is 0.494 e. The molecular weight excluding hydrogens is 218 g/mol. The molecule has 3 nitrogen and oxygen atoms in total. The van der Waals surface area contributed by atoms with E-state index in [0.29, 0.717) is 6.61 Å². The smallest absolute Gasteiger partial charge is 0.341 e. The highest BCUT2D eigenvalue weighted by atomic mass is 19.2. The molecule has 0 heterocycles. The fourth-order valence-electron chi connectivity index (χ4n) is 1.17. The Balaban J connectivity index is 3.10. The first kappa shape index (κ1) is 12.4. The third kappa shape index (κ3) is 2.68. The highest BCUT2D eigenvalue weighted by Crippen LogP contribution is 2.21. The van der Waals surface area contributed by atoms with Crippen molar-refractivity contribution in [1.29, 1.82) is 0 Å². The van der Waals surface area contributed by atoms with Crippen LogP contribution in [0.2, 0.25) is 0 Å². The fourth-order valence-corrected chi connectivity index (χ4v) is 1.17. The Morgan fingerprint density at radius 1 is 1.25 bits per heavy atom. The minimum Gasteiger partial charge on any atom is -0.494 e. The average molecular weight is 230 g/mol. The molecule has 0 N–H and O–H groups in total. The summed E-state index contributed by atoms with van der Waals surface area (Å²) in [5.41, 5.74) is -0.453. The molecule has 0 amide bonds. The van der Waals surface area contributed by atoms with Gasteiger partial charge in [0.1, 0.15) is 11.3 Å². The number of hydrogen-bond acceptors (Lipinski definition) is 3. The Kier molecular flexibility index (Phi) is 4.22. The summed E-state index contributed by atoms with van der Waals surface area (Å²) in [5, 5.41) is 0. The molecule has 0 fully saturated rings. The zero-order valence-electron chi connectivity index (χ0n) is 9.05. The molecule has 16 heavy (non-hydrogen) atoms. The number of ether oxygens (including phenoxy) is 2. The first-order valence-corrected chi connectivity index (χ1v) is 4.89. The number of halogens is 2. The molecule has 1 aromatic rings. The van der Waals surface area contributed by atoms with Gasteiger partial charge in [-0.05, 0) is 19.9 Å². The molecule has 88 valence electrons. The maximum atomic E-state index is 13.3. The van der Waals surface area contributed by atoms with E-state index in [1.165, 1.54) is 0 Å². The van der Waals surface area contributed by atoms with Crippen molar-refractivity contribution < 1.29 is 23.0 Å². The van der Waals surface area contributed by atoms with E-state index < -0.39 is 23.2 Å². The van der Waals surface area contributed by atoms with Gasteiger partial charge >= 0.3 is 5.97 Å². The molecule has 0 unspecified atom stereocenters. The van der Waals surface area contributed by atoms with E-state index in [0.717, 1.165) is 12.1 Å². The summed E-state index contributed by atoms with van der Waals surface area (Å²) >= 11 is 0. The van der Waals surface area contributed by atoms with E-state index in [-0.39, 0.29) is 12.4 Å². The molecule has 0 saturated heterocycles. The van der Waals surface area contributed by atoms with Gasteiger partial charge in [0, 0.05) is 6.07 Å². The van der Waals surface area contributed by atoms with Crippen molar-refractivity contribution in [3.63, 3.8) is 0 Å². The van der Waals surface area contributed by atoms with Crippen LogP contribution in [0.4, 0.5) is 8.78 Å². The van der Waals surface area contributed by atoms with Gasteiger partial charge in [0.25, 0.3) is 0 Å². The highest BCUT2D eigenvalue weighted by Gasteiger charge is 2.18. The summed E-state index contributed by atoms with van der Waals surface area (Å²) in [4.78, 5) is 11.3. The van der Waals surface area contributed by atoms with Crippen LogP contribution in [0.1, 0.15) is 24.2 Å². The molecule has 0 aliphatic heterocycles. The summed E-state index contributed by atoms with van der Waals surface area (Å²) in [6.07, 6.45) is 0. The fraction of sp³-hybridized carbons (Fsp3) is 0.364. The van der Waals surface area contributed by atoms with E-state index >= 15 is 0 Å². The Morgan fingerprint density at radius 3 is 2.50 bits per heavy atom. The first-order valence-electron chi connectivity index (χ1n) is 4.89. The zero-order valence-corrected chi connectivity index (χ0v) is 9.05. The van der Waals surface area contributed by atoms with Gasteiger partial charge < -0.3 is 9.47 Å². The second-order valence-corrected chi connectivity index (χ2v) is 2.92. The molecular formula is C11H12F2O3. The summed E-state index contributed by atoms with van der Waals surface area (Å²) < 4.78 is 36.0. The summed E-state index contributed by atoms with van der Waals surface area (Å²) in [7, 11) is 0. The minimum absolute atomic E-state index is 0.0960. The number of carbonyl (C=O) groups is 1. The van der Waals surface area contributed by atoms with Crippen molar-refractivity contribution in [3.05, 3.63) is 29.3 Å². The van der Waals surface area contributed by atoms with Gasteiger partial charge in [-0.2, -0.15) is 0 Å². The molecule has 1 aromatic carbocycles. The van der Waals surface area contributed by atoms with Gasteiger partial charge in [-0.25, -0.2) is 13.6 Å². The van der Waals surface area contributed by atoms with Crippen LogP contribution in [0, 0.1) is 11.6 Å². The van der Waals surface area contributed by atoms with Crippen LogP contribution >= 0.6 is 0 Å². The lowest BCUT2D eigenvalue weighted by molar-refractivity contribution is 0.0519. The predicted molar refractivity (Wildman–Crippen MR) is 53.5 cm³/mol. The van der Waals surface area contributed by atoms with Crippen LogP contribution in [-0.4, -0.2) is 19.2 Å². The van der Waals surface area contributed by atoms with E-state index in [9.17, 15) is 13.6 Å². The molecule has 0 atom stereocenters. The monoisotopic (exact) mass is 230 g/mol. The van der Waals surface area contributed by atoms with Crippen LogP contribution in [0.15, 0.2) is 12.1 Å². The van der Waals surface area contributed by atoms with E-state index in [4.69, 9.17) is 4.74 Å². The number of rotatable bonds is 4. The number of benzene rings is 1. The quantitative estimate of drug-likeness (QED) is 0.745. The Morgan fingerprint density at radius 2 is 1.94 bits per heavy atom. The lowest BCUT2D eigenvalue weighted by Crippen LogP contribution is -2.09. The van der Waals surface area contributed by atoms with Crippen LogP contribution in [0.5, 0.6) is 5.75 Å². The molecule has 0 bridgehead atoms. The standard InChI is InChI=1S/C11H12F2O3/c1-3-15-7-5-8(11(14)16-4-2)10(13)9(12)6-7/h5-6H,3-4H2,1-2H3. The SMILES string of the molecule is CCOC(=O)c1cc(OCC)cc(F)c1F. The Labute approximate surface area is 92.0 Å². The van der Waals surface area contributed by atoms with E-state index in [1.807, 2.05) is 0 Å². The van der Waals surface area contributed by atoms with Crippen LogP contribution in [0.25, 0.3) is 0 Å². The van der Waals surface area contributed by atoms with Crippen molar-refractivity contribution in [2.45, 2.75) is 13.8 Å². The zero-order chi connectivity index (χ0) is 12.1. The number of esters is 1. The predicted octanol–water partition coefficient (Wildman–Crippen LogP) is 2.54. The summed E-state index contributed by atoms with van der Waals surface area (Å²) in [6, 6.07) is 2.02. The molecule has 5 heteroatoms. The summed E-state index contributed by atoms with van der Waals surface area (Å²) in [5.74, 6) is -3.15. The van der Waals surface area contributed by atoms with E-state index in [1.54, 1.807) is 13.8 Å². The highest BCUT2D eigenvalue weighted by molar-refractivity contribution is 5.90. The van der Waals surface area contributed by atoms with E-state index in [2.05, 4.69) is 4.74 Å². The molecule has 0 saturated carbocycles. The maximum absolute atomic E-state index is 13.3. The van der Waals surface area contributed by atoms with Crippen LogP contribution < -0.4 is 4.74 Å². The van der Waals surface area contributed by atoms with Gasteiger partial charge in [0.05, 0.1) is 13.2 Å². The van der Waals surface area contributed by atoms with Crippen molar-refractivity contribution in [1.82, 2.24) is 0 Å². The number of carbonyl (C=O) groups excluding carboxylic acids is 1. The maximum Gasteiger partial charge on any atom is 0.341 e. The van der Waals surface area contributed by atoms with Crippen molar-refractivity contribution in [2.75, 3.05) is 13.2 Å². The van der Waals surface area contributed by atoms with Gasteiger partial charge in [-0.1, -0.05) is 0 Å². The van der Waals surface area contributed by atoms with Gasteiger partial charge in [-0.15, -0.1) is 0 Å². The summed E-state index contributed by atoms with van der Waals surface area (Å²) in [6.45, 7) is 3.68. The minimum atomic E-state index is -1.22. The molecule has 0 aliphatic carbocycles. The number of hydrogen-bond donors (Lipinski definition) is 0. The van der Waals surface area contributed by atoms with Crippen molar-refractivity contribution in [2.24, 2.45) is 0 Å². The lowest BCUT2D eigenvalue weighted by atomic mass is 10.2. The Bertz CT molecular complexity index is 391. The normalized spacial score (nSPS) is 10.0. The van der Waals surface area contributed by atoms with Crippen molar-refractivity contribution >= 4 is 5.97 Å². The third-order valence-corrected chi connectivity index (χ3v) is 1.81.